The van der Waals surface area contributed by atoms with Crippen LogP contribution in [-0.2, 0) is 16.1 Å². The van der Waals surface area contributed by atoms with Crippen LogP contribution in [0, 0.1) is 0 Å². The van der Waals surface area contributed by atoms with E-state index in [4.69, 9.17) is 4.74 Å². The van der Waals surface area contributed by atoms with Crippen LogP contribution in [0.15, 0.2) is 6.07 Å². The fourth-order valence-corrected chi connectivity index (χ4v) is 4.35. The Bertz CT molecular complexity index is 802. The SMILES string of the molecule is CCCN1C(=O)c2cc(C(=O)NCCCOCC)nn2CC1(C)C(=O)NC1CCCC1. The highest BCUT2D eigenvalue weighted by Crippen LogP contribution is 2.29. The van der Waals surface area contributed by atoms with Gasteiger partial charge < -0.3 is 20.3 Å². The molecule has 9 nitrogen and oxygen atoms in total. The summed E-state index contributed by atoms with van der Waals surface area (Å²) in [6, 6.07) is 1.69. The second kappa shape index (κ2) is 10.3. The second-order valence-electron chi connectivity index (χ2n) is 8.56. The van der Waals surface area contributed by atoms with Crippen LogP contribution in [0.25, 0.3) is 0 Å². The molecule has 1 aliphatic carbocycles. The van der Waals surface area contributed by atoms with Gasteiger partial charge in [0, 0.05) is 38.4 Å². The standard InChI is InChI=1S/C22H35N5O4/c1-4-12-26-20(29)18-14-17(19(28)23-11-8-13-31-5-2)25-27(18)15-22(26,3)21(30)24-16-9-6-7-10-16/h14,16H,4-13,15H2,1-3H3,(H,23,28)(H,24,30). The topological polar surface area (TPSA) is 106 Å². The van der Waals surface area contributed by atoms with E-state index in [9.17, 15) is 14.4 Å². The molecule has 1 atom stereocenters. The molecule has 0 bridgehead atoms. The van der Waals surface area contributed by atoms with Crippen molar-refractivity contribution in [3.05, 3.63) is 17.5 Å². The highest BCUT2D eigenvalue weighted by Gasteiger charge is 2.48. The molecule has 2 N–H and O–H groups in total. The maximum absolute atomic E-state index is 13.3. The Morgan fingerprint density at radius 3 is 2.71 bits per heavy atom. The molecule has 0 radical (unpaired) electrons. The number of amides is 3. The monoisotopic (exact) mass is 433 g/mol. The van der Waals surface area contributed by atoms with E-state index in [1.165, 1.54) is 10.7 Å². The van der Waals surface area contributed by atoms with Crippen LogP contribution in [0.1, 0.15) is 80.3 Å². The second-order valence-corrected chi connectivity index (χ2v) is 8.56. The molecule has 3 amide bonds. The first-order chi connectivity index (χ1) is 14.9. The minimum absolute atomic E-state index is 0.149. The van der Waals surface area contributed by atoms with Crippen LogP contribution in [0.3, 0.4) is 0 Å². The first kappa shape index (κ1) is 23.2. The van der Waals surface area contributed by atoms with Crippen LogP contribution in [-0.4, -0.2) is 70.3 Å². The van der Waals surface area contributed by atoms with Gasteiger partial charge in [-0.05, 0) is 39.5 Å². The molecule has 1 aromatic heterocycles. The highest BCUT2D eigenvalue weighted by atomic mass is 16.5. The number of hydrogen-bond acceptors (Lipinski definition) is 5. The number of carbonyl (C=O) groups excluding carboxylic acids is 3. The fraction of sp³-hybridized carbons (Fsp3) is 0.727. The molecule has 172 valence electrons. The minimum atomic E-state index is -1.04. The molecule has 0 saturated heterocycles. The van der Waals surface area contributed by atoms with Crippen molar-refractivity contribution in [3.8, 4) is 0 Å². The molecule has 0 spiro atoms. The third kappa shape index (κ3) is 5.08. The molecule has 1 aromatic rings. The molecule has 3 rings (SSSR count). The van der Waals surface area contributed by atoms with Crippen LogP contribution < -0.4 is 10.6 Å². The molecule has 1 fully saturated rings. The summed E-state index contributed by atoms with van der Waals surface area (Å²) < 4.78 is 6.78. The molecule has 9 heteroatoms. The van der Waals surface area contributed by atoms with Crippen molar-refractivity contribution < 1.29 is 19.1 Å². The lowest BCUT2D eigenvalue weighted by Crippen LogP contribution is -2.65. The van der Waals surface area contributed by atoms with Crippen LogP contribution in [0.5, 0.6) is 0 Å². The lowest BCUT2D eigenvalue weighted by molar-refractivity contribution is -0.133. The van der Waals surface area contributed by atoms with Gasteiger partial charge in [0.15, 0.2) is 5.69 Å². The van der Waals surface area contributed by atoms with Crippen molar-refractivity contribution in [2.75, 3.05) is 26.3 Å². The van der Waals surface area contributed by atoms with Gasteiger partial charge in [-0.3, -0.25) is 19.1 Å². The zero-order valence-corrected chi connectivity index (χ0v) is 18.9. The largest absolute Gasteiger partial charge is 0.382 e. The summed E-state index contributed by atoms with van der Waals surface area (Å²) in [4.78, 5) is 40.7. The van der Waals surface area contributed by atoms with Crippen molar-refractivity contribution in [1.82, 2.24) is 25.3 Å². The molecule has 1 unspecified atom stereocenters. The van der Waals surface area contributed by atoms with E-state index in [-0.39, 0.29) is 36.0 Å². The van der Waals surface area contributed by atoms with E-state index in [1.54, 1.807) is 11.8 Å². The number of fused-ring (bicyclic) bond motifs is 1. The summed E-state index contributed by atoms with van der Waals surface area (Å²) >= 11 is 0. The van der Waals surface area contributed by atoms with Crippen molar-refractivity contribution in [3.63, 3.8) is 0 Å². The summed E-state index contributed by atoms with van der Waals surface area (Å²) in [6.07, 6.45) is 5.63. The Labute approximate surface area is 183 Å². The molecular formula is C22H35N5O4. The molecule has 2 heterocycles. The molecule has 31 heavy (non-hydrogen) atoms. The molecule has 2 aliphatic rings. The van der Waals surface area contributed by atoms with Crippen LogP contribution in [0.2, 0.25) is 0 Å². The molecular weight excluding hydrogens is 398 g/mol. The Morgan fingerprint density at radius 1 is 1.29 bits per heavy atom. The fourth-order valence-electron chi connectivity index (χ4n) is 4.35. The normalized spacial score (nSPS) is 21.3. The number of carbonyl (C=O) groups is 3. The van der Waals surface area contributed by atoms with Gasteiger partial charge in [0.05, 0.1) is 6.54 Å². The number of nitrogens with one attached hydrogen (secondary N) is 2. The van der Waals surface area contributed by atoms with Gasteiger partial charge in [0.2, 0.25) is 5.91 Å². The van der Waals surface area contributed by atoms with Crippen molar-refractivity contribution >= 4 is 17.7 Å². The Morgan fingerprint density at radius 2 is 2.03 bits per heavy atom. The third-order valence-electron chi connectivity index (χ3n) is 6.11. The van der Waals surface area contributed by atoms with Gasteiger partial charge in [0.1, 0.15) is 11.2 Å². The van der Waals surface area contributed by atoms with Crippen LogP contribution >= 0.6 is 0 Å². The summed E-state index contributed by atoms with van der Waals surface area (Å²) in [7, 11) is 0. The maximum Gasteiger partial charge on any atom is 0.273 e. The van der Waals surface area contributed by atoms with Crippen molar-refractivity contribution in [2.45, 2.75) is 77.4 Å². The average molecular weight is 434 g/mol. The van der Waals surface area contributed by atoms with Crippen LogP contribution in [0.4, 0.5) is 0 Å². The lowest BCUT2D eigenvalue weighted by Gasteiger charge is -2.43. The zero-order chi connectivity index (χ0) is 22.4. The first-order valence-electron chi connectivity index (χ1n) is 11.5. The predicted molar refractivity (Wildman–Crippen MR) is 116 cm³/mol. The van der Waals surface area contributed by atoms with Gasteiger partial charge in [-0.15, -0.1) is 0 Å². The number of rotatable bonds is 10. The summed E-state index contributed by atoms with van der Waals surface area (Å²) in [5.74, 6) is -0.741. The predicted octanol–water partition coefficient (Wildman–Crippen LogP) is 1.72. The minimum Gasteiger partial charge on any atom is -0.382 e. The first-order valence-corrected chi connectivity index (χ1v) is 11.5. The van der Waals surface area contributed by atoms with E-state index >= 15 is 0 Å². The van der Waals surface area contributed by atoms with E-state index in [0.717, 1.165) is 32.1 Å². The quantitative estimate of drug-likeness (QED) is 0.547. The third-order valence-corrected chi connectivity index (χ3v) is 6.11. The van der Waals surface area contributed by atoms with Crippen molar-refractivity contribution in [2.24, 2.45) is 0 Å². The molecule has 1 aliphatic heterocycles. The average Bonchev–Trinajstić information content (AvgIpc) is 3.40. The maximum atomic E-state index is 13.3. The number of hydrogen-bond donors (Lipinski definition) is 2. The van der Waals surface area contributed by atoms with Crippen molar-refractivity contribution in [1.29, 1.82) is 0 Å². The summed E-state index contributed by atoms with van der Waals surface area (Å²) in [6.45, 7) is 8.09. The number of nitrogens with zero attached hydrogens (tertiary/aromatic N) is 3. The van der Waals surface area contributed by atoms with E-state index in [2.05, 4.69) is 15.7 Å². The van der Waals surface area contributed by atoms with E-state index < -0.39 is 5.54 Å². The summed E-state index contributed by atoms with van der Waals surface area (Å²) in [5, 5.41) is 10.3. The number of aromatic nitrogens is 2. The Balaban J connectivity index is 1.75. The Hall–Kier alpha value is -2.42. The zero-order valence-electron chi connectivity index (χ0n) is 18.9. The smallest absolute Gasteiger partial charge is 0.273 e. The van der Waals surface area contributed by atoms with Gasteiger partial charge in [0.25, 0.3) is 11.8 Å². The van der Waals surface area contributed by atoms with Gasteiger partial charge in [-0.2, -0.15) is 5.10 Å². The summed E-state index contributed by atoms with van der Waals surface area (Å²) in [5.41, 5.74) is -0.504. The molecule has 0 aromatic carbocycles. The van der Waals surface area contributed by atoms with E-state index in [1.807, 2.05) is 13.8 Å². The van der Waals surface area contributed by atoms with E-state index in [0.29, 0.717) is 38.4 Å². The Kier molecular flexibility index (Phi) is 7.69. The highest BCUT2D eigenvalue weighted by molar-refractivity contribution is 6.01. The number of ether oxygens (including phenoxy) is 1. The lowest BCUT2D eigenvalue weighted by atomic mass is 9.94. The van der Waals surface area contributed by atoms with Gasteiger partial charge in [-0.25, -0.2) is 0 Å². The van der Waals surface area contributed by atoms with Gasteiger partial charge >= 0.3 is 0 Å². The molecule has 1 saturated carbocycles. The van der Waals surface area contributed by atoms with Gasteiger partial charge in [-0.1, -0.05) is 19.8 Å².